The molecule has 0 amide bonds. The SMILES string of the molecule is COc1ccc(/C=C/C2SCCCS2)cc1. The fourth-order valence-corrected chi connectivity index (χ4v) is 4.13. The molecule has 0 bridgehead atoms. The highest BCUT2D eigenvalue weighted by Gasteiger charge is 2.10. The van der Waals surface area contributed by atoms with Crippen molar-refractivity contribution in [2.75, 3.05) is 18.6 Å². The van der Waals surface area contributed by atoms with Gasteiger partial charge in [-0.15, -0.1) is 23.5 Å². The van der Waals surface area contributed by atoms with Crippen LogP contribution >= 0.6 is 23.5 Å². The highest BCUT2D eigenvalue weighted by molar-refractivity contribution is 8.17. The smallest absolute Gasteiger partial charge is 0.118 e. The Kier molecular flexibility index (Phi) is 4.67. The van der Waals surface area contributed by atoms with Gasteiger partial charge >= 0.3 is 0 Å². The standard InChI is InChI=1S/C13H16OS2/c1-14-12-6-3-11(4-7-12)5-8-13-15-9-2-10-16-13/h3-8,13H,2,9-10H2,1H3/b8-5+. The van der Waals surface area contributed by atoms with Crippen molar-refractivity contribution in [1.29, 1.82) is 0 Å². The maximum Gasteiger partial charge on any atom is 0.118 e. The summed E-state index contributed by atoms with van der Waals surface area (Å²) in [5, 5.41) is 0. The van der Waals surface area contributed by atoms with Gasteiger partial charge in [0, 0.05) is 0 Å². The largest absolute Gasteiger partial charge is 0.497 e. The van der Waals surface area contributed by atoms with Crippen molar-refractivity contribution in [3.8, 4) is 5.75 Å². The Bertz CT molecular complexity index is 339. The monoisotopic (exact) mass is 252 g/mol. The van der Waals surface area contributed by atoms with Crippen LogP contribution in [-0.4, -0.2) is 23.2 Å². The van der Waals surface area contributed by atoms with Crippen molar-refractivity contribution in [2.24, 2.45) is 0 Å². The molecule has 0 saturated carbocycles. The second kappa shape index (κ2) is 6.26. The van der Waals surface area contributed by atoms with Gasteiger partial charge in [-0.25, -0.2) is 0 Å². The molecule has 86 valence electrons. The van der Waals surface area contributed by atoms with Gasteiger partial charge in [-0.2, -0.15) is 0 Å². The number of benzene rings is 1. The zero-order chi connectivity index (χ0) is 11.2. The van der Waals surface area contributed by atoms with Crippen LogP contribution < -0.4 is 4.74 Å². The normalized spacial score (nSPS) is 17.8. The molecule has 1 aromatic carbocycles. The Hall–Kier alpha value is -0.540. The summed E-state index contributed by atoms with van der Waals surface area (Å²) in [6, 6.07) is 8.18. The van der Waals surface area contributed by atoms with E-state index < -0.39 is 0 Å². The van der Waals surface area contributed by atoms with Crippen LogP contribution in [0.3, 0.4) is 0 Å². The molecule has 1 saturated heterocycles. The fourth-order valence-electron chi connectivity index (χ4n) is 1.52. The van der Waals surface area contributed by atoms with Crippen LogP contribution in [0.1, 0.15) is 12.0 Å². The second-order valence-corrected chi connectivity index (χ2v) is 6.39. The van der Waals surface area contributed by atoms with E-state index in [2.05, 4.69) is 24.3 Å². The molecule has 0 aliphatic carbocycles. The predicted octanol–water partition coefficient (Wildman–Crippen LogP) is 3.90. The molecule has 0 radical (unpaired) electrons. The van der Waals surface area contributed by atoms with E-state index in [-0.39, 0.29) is 0 Å². The Labute approximate surface area is 106 Å². The lowest BCUT2D eigenvalue weighted by Crippen LogP contribution is -2.02. The van der Waals surface area contributed by atoms with Crippen LogP contribution in [0, 0.1) is 0 Å². The summed E-state index contributed by atoms with van der Waals surface area (Å²) < 4.78 is 5.77. The number of ether oxygens (including phenoxy) is 1. The molecule has 1 heterocycles. The van der Waals surface area contributed by atoms with E-state index in [0.717, 1.165) is 5.75 Å². The average molecular weight is 252 g/mol. The third-order valence-corrected chi connectivity index (χ3v) is 5.25. The maximum atomic E-state index is 5.13. The minimum Gasteiger partial charge on any atom is -0.497 e. The lowest BCUT2D eigenvalue weighted by atomic mass is 10.2. The molecule has 0 atom stereocenters. The Morgan fingerprint density at radius 2 is 1.88 bits per heavy atom. The first-order chi connectivity index (χ1) is 7.88. The second-order valence-electron chi connectivity index (χ2n) is 3.60. The molecule has 0 N–H and O–H groups in total. The van der Waals surface area contributed by atoms with E-state index in [9.17, 15) is 0 Å². The Balaban J connectivity index is 1.94. The molecular weight excluding hydrogens is 236 g/mol. The Morgan fingerprint density at radius 1 is 1.19 bits per heavy atom. The minimum atomic E-state index is 0.635. The van der Waals surface area contributed by atoms with Gasteiger partial charge in [0.25, 0.3) is 0 Å². The quantitative estimate of drug-likeness (QED) is 0.807. The van der Waals surface area contributed by atoms with Gasteiger partial charge in [0.15, 0.2) is 0 Å². The highest BCUT2D eigenvalue weighted by Crippen LogP contribution is 2.31. The number of rotatable bonds is 3. The van der Waals surface area contributed by atoms with Crippen molar-refractivity contribution in [1.82, 2.24) is 0 Å². The summed E-state index contributed by atoms with van der Waals surface area (Å²) in [4.78, 5) is 0. The third kappa shape index (κ3) is 3.49. The summed E-state index contributed by atoms with van der Waals surface area (Å²) in [7, 11) is 1.69. The van der Waals surface area contributed by atoms with Gasteiger partial charge in [0.1, 0.15) is 5.75 Å². The van der Waals surface area contributed by atoms with Gasteiger partial charge in [0.2, 0.25) is 0 Å². The van der Waals surface area contributed by atoms with Crippen LogP contribution in [0.15, 0.2) is 30.3 Å². The summed E-state index contributed by atoms with van der Waals surface area (Å²) in [6.45, 7) is 0. The summed E-state index contributed by atoms with van der Waals surface area (Å²) >= 11 is 4.08. The number of hydrogen-bond acceptors (Lipinski definition) is 3. The summed E-state index contributed by atoms with van der Waals surface area (Å²) in [6.07, 6.45) is 5.86. The van der Waals surface area contributed by atoms with Crippen LogP contribution in [0.25, 0.3) is 6.08 Å². The van der Waals surface area contributed by atoms with E-state index in [1.807, 2.05) is 35.7 Å². The van der Waals surface area contributed by atoms with Gasteiger partial charge in [-0.1, -0.05) is 24.3 Å². The van der Waals surface area contributed by atoms with Crippen molar-refractivity contribution < 1.29 is 4.74 Å². The maximum absolute atomic E-state index is 5.13. The minimum absolute atomic E-state index is 0.635. The van der Waals surface area contributed by atoms with E-state index in [4.69, 9.17) is 4.74 Å². The molecule has 0 spiro atoms. The van der Waals surface area contributed by atoms with Crippen LogP contribution in [0.5, 0.6) is 5.75 Å². The first-order valence-corrected chi connectivity index (χ1v) is 7.54. The Morgan fingerprint density at radius 3 is 2.50 bits per heavy atom. The fraction of sp³-hybridized carbons (Fsp3) is 0.385. The topological polar surface area (TPSA) is 9.23 Å². The van der Waals surface area contributed by atoms with Gasteiger partial charge < -0.3 is 4.74 Å². The molecule has 1 aromatic rings. The highest BCUT2D eigenvalue weighted by atomic mass is 32.2. The molecule has 16 heavy (non-hydrogen) atoms. The van der Waals surface area contributed by atoms with Crippen molar-refractivity contribution in [3.63, 3.8) is 0 Å². The van der Waals surface area contributed by atoms with E-state index in [0.29, 0.717) is 4.58 Å². The lowest BCUT2D eigenvalue weighted by molar-refractivity contribution is 0.415. The van der Waals surface area contributed by atoms with Crippen LogP contribution in [0.2, 0.25) is 0 Å². The van der Waals surface area contributed by atoms with Crippen molar-refractivity contribution >= 4 is 29.6 Å². The molecule has 0 aromatic heterocycles. The molecule has 1 fully saturated rings. The first kappa shape index (κ1) is 11.9. The van der Waals surface area contributed by atoms with Crippen LogP contribution in [0.4, 0.5) is 0 Å². The molecule has 0 unspecified atom stereocenters. The lowest BCUT2D eigenvalue weighted by Gasteiger charge is -2.17. The van der Waals surface area contributed by atoms with Crippen molar-refractivity contribution in [2.45, 2.75) is 11.0 Å². The van der Waals surface area contributed by atoms with E-state index in [1.165, 1.54) is 23.5 Å². The predicted molar refractivity (Wildman–Crippen MR) is 75.3 cm³/mol. The van der Waals surface area contributed by atoms with E-state index in [1.54, 1.807) is 7.11 Å². The molecule has 1 aliphatic rings. The van der Waals surface area contributed by atoms with E-state index >= 15 is 0 Å². The number of methoxy groups -OCH3 is 1. The van der Waals surface area contributed by atoms with Gasteiger partial charge in [-0.3, -0.25) is 0 Å². The zero-order valence-electron chi connectivity index (χ0n) is 9.39. The molecule has 3 heteroatoms. The van der Waals surface area contributed by atoms with Gasteiger partial charge in [0.05, 0.1) is 11.7 Å². The van der Waals surface area contributed by atoms with Gasteiger partial charge in [-0.05, 0) is 35.6 Å². The molecular formula is C13H16OS2. The number of hydrogen-bond donors (Lipinski definition) is 0. The van der Waals surface area contributed by atoms with Crippen molar-refractivity contribution in [3.05, 3.63) is 35.9 Å². The summed E-state index contributed by atoms with van der Waals surface area (Å²) in [5.74, 6) is 3.51. The molecule has 2 rings (SSSR count). The molecule has 1 nitrogen and oxygen atoms in total. The third-order valence-electron chi connectivity index (χ3n) is 2.41. The number of thioether (sulfide) groups is 2. The summed E-state index contributed by atoms with van der Waals surface area (Å²) in [5.41, 5.74) is 1.24. The molecule has 1 aliphatic heterocycles. The zero-order valence-corrected chi connectivity index (χ0v) is 11.0. The average Bonchev–Trinajstić information content (AvgIpc) is 2.38. The van der Waals surface area contributed by atoms with Crippen LogP contribution in [-0.2, 0) is 0 Å². The first-order valence-electron chi connectivity index (χ1n) is 5.44.